The van der Waals surface area contributed by atoms with Crippen LogP contribution >= 0.6 is 0 Å². The van der Waals surface area contributed by atoms with E-state index in [-0.39, 0.29) is 0 Å². The van der Waals surface area contributed by atoms with Gasteiger partial charge in [-0.3, -0.25) is 0 Å². The smallest absolute Gasteiger partial charge is 0.222 e. The summed E-state index contributed by atoms with van der Waals surface area (Å²) in [4.78, 5) is 9.50. The molecule has 0 amide bonds. The summed E-state index contributed by atoms with van der Waals surface area (Å²) in [6.07, 6.45) is 1.96. The maximum Gasteiger partial charge on any atom is 0.222 e. The third-order valence-electron chi connectivity index (χ3n) is 4.47. The topological polar surface area (TPSA) is 39.9 Å². The second kappa shape index (κ2) is 6.82. The van der Waals surface area contributed by atoms with Gasteiger partial charge < -0.3 is 9.30 Å². The summed E-state index contributed by atoms with van der Waals surface area (Å²) in [5, 5.41) is 0. The van der Waals surface area contributed by atoms with E-state index in [9.17, 15) is 4.39 Å². The van der Waals surface area contributed by atoms with Crippen LogP contribution in [0.5, 0.6) is 5.88 Å². The number of alkyl halides is 1. The van der Waals surface area contributed by atoms with Gasteiger partial charge in [-0.1, -0.05) is 13.8 Å². The van der Waals surface area contributed by atoms with E-state index < -0.39 is 6.67 Å². The zero-order chi connectivity index (χ0) is 18.1. The van der Waals surface area contributed by atoms with Crippen molar-refractivity contribution >= 4 is 11.0 Å². The lowest BCUT2D eigenvalue weighted by Gasteiger charge is -2.13. The zero-order valence-corrected chi connectivity index (χ0v) is 15.4. The van der Waals surface area contributed by atoms with Crippen LogP contribution in [-0.4, -0.2) is 28.3 Å². The van der Waals surface area contributed by atoms with Crippen LogP contribution in [0.15, 0.2) is 24.4 Å². The molecule has 5 heteroatoms. The maximum atomic E-state index is 12.8. The number of hydrogen-bond donors (Lipinski definition) is 0. The Kier molecular flexibility index (Phi) is 4.75. The van der Waals surface area contributed by atoms with Crippen LogP contribution < -0.4 is 4.74 Å². The highest BCUT2D eigenvalue weighted by Crippen LogP contribution is 2.33. The molecule has 0 aromatic carbocycles. The number of pyridine rings is 2. The lowest BCUT2D eigenvalue weighted by atomic mass is 10.0. The third kappa shape index (κ3) is 3.11. The molecule has 0 spiro atoms. The minimum atomic E-state index is -0.390. The first-order valence-corrected chi connectivity index (χ1v) is 8.54. The molecule has 0 N–H and O–H groups in total. The molecule has 3 rings (SSSR count). The molecular formula is C20H24FN3O. The highest BCUT2D eigenvalue weighted by atomic mass is 19.1. The predicted octanol–water partition coefficient (Wildman–Crippen LogP) is 4.82. The number of nitrogens with zero attached hydrogens (tertiary/aromatic N) is 3. The fraction of sp³-hybridized carbons (Fsp3) is 0.400. The Balaban J connectivity index is 2.19. The largest absolute Gasteiger partial charge is 0.480 e. The molecule has 3 heterocycles. The fourth-order valence-corrected chi connectivity index (χ4v) is 3.13. The normalized spacial score (nSPS) is 11.5. The summed E-state index contributed by atoms with van der Waals surface area (Å²) in [5.74, 6) is 0.915. The van der Waals surface area contributed by atoms with Crippen LogP contribution in [0.2, 0.25) is 0 Å². The summed E-state index contributed by atoms with van der Waals surface area (Å²) in [6, 6.07) is 6.11. The Labute approximate surface area is 147 Å². The Hall–Kier alpha value is -2.43. The van der Waals surface area contributed by atoms with Gasteiger partial charge in [0.15, 0.2) is 0 Å². The van der Waals surface area contributed by atoms with Gasteiger partial charge >= 0.3 is 0 Å². The van der Waals surface area contributed by atoms with Crippen LogP contribution in [0, 0.1) is 13.8 Å². The van der Waals surface area contributed by atoms with Crippen LogP contribution in [0.4, 0.5) is 4.39 Å². The predicted molar refractivity (Wildman–Crippen MR) is 99.1 cm³/mol. The number of fused-ring (bicyclic) bond motifs is 1. The van der Waals surface area contributed by atoms with Crippen molar-refractivity contribution in [2.45, 2.75) is 40.2 Å². The van der Waals surface area contributed by atoms with Crippen LogP contribution in [0.25, 0.3) is 22.3 Å². The molecule has 0 aliphatic heterocycles. The number of aromatic nitrogens is 3. The first kappa shape index (κ1) is 17.4. The van der Waals surface area contributed by atoms with Gasteiger partial charge in [-0.25, -0.2) is 14.4 Å². The first-order chi connectivity index (χ1) is 12.0. The van der Waals surface area contributed by atoms with Gasteiger partial charge in [0, 0.05) is 11.9 Å². The molecule has 0 unspecified atom stereocenters. The molecule has 0 aliphatic carbocycles. The van der Waals surface area contributed by atoms with Gasteiger partial charge in [0.1, 0.15) is 6.67 Å². The van der Waals surface area contributed by atoms with Gasteiger partial charge in [0.2, 0.25) is 5.88 Å². The van der Waals surface area contributed by atoms with Gasteiger partial charge in [0.05, 0.1) is 35.9 Å². The average molecular weight is 341 g/mol. The number of aryl methyl sites for hydroxylation is 3. The quantitative estimate of drug-likeness (QED) is 0.668. The minimum absolute atomic E-state index is 0.330. The fourth-order valence-electron chi connectivity index (χ4n) is 3.13. The summed E-state index contributed by atoms with van der Waals surface area (Å²) in [6.45, 7) is 8.18. The lowest BCUT2D eigenvalue weighted by molar-refractivity contribution is 0.397. The van der Waals surface area contributed by atoms with Gasteiger partial charge in [0.25, 0.3) is 0 Å². The van der Waals surface area contributed by atoms with Crippen molar-refractivity contribution in [3.8, 4) is 17.1 Å². The van der Waals surface area contributed by atoms with E-state index in [1.165, 1.54) is 0 Å². The first-order valence-electron chi connectivity index (χ1n) is 8.54. The number of hydrogen-bond acceptors (Lipinski definition) is 3. The van der Waals surface area contributed by atoms with E-state index in [1.54, 1.807) is 7.11 Å². The molecule has 0 saturated carbocycles. The number of ether oxygens (including phenoxy) is 1. The van der Waals surface area contributed by atoms with Gasteiger partial charge in [-0.15, -0.1) is 0 Å². The van der Waals surface area contributed by atoms with Gasteiger partial charge in [-0.2, -0.15) is 0 Å². The van der Waals surface area contributed by atoms with Crippen molar-refractivity contribution in [1.82, 2.24) is 14.5 Å². The zero-order valence-electron chi connectivity index (χ0n) is 15.4. The van der Waals surface area contributed by atoms with Crippen molar-refractivity contribution < 1.29 is 9.13 Å². The minimum Gasteiger partial charge on any atom is -0.480 e. The van der Waals surface area contributed by atoms with Crippen molar-refractivity contribution in [1.29, 1.82) is 0 Å². The molecule has 0 bridgehead atoms. The van der Waals surface area contributed by atoms with E-state index in [1.807, 2.05) is 36.7 Å². The number of methoxy groups -OCH3 is 1. The van der Waals surface area contributed by atoms with E-state index in [4.69, 9.17) is 9.72 Å². The maximum absolute atomic E-state index is 12.8. The van der Waals surface area contributed by atoms with Crippen molar-refractivity contribution in [2.75, 3.05) is 13.8 Å². The summed E-state index contributed by atoms with van der Waals surface area (Å²) >= 11 is 0. The number of rotatable bonds is 5. The molecule has 3 aromatic heterocycles. The molecule has 132 valence electrons. The monoisotopic (exact) mass is 341 g/mol. The van der Waals surface area contributed by atoms with Crippen LogP contribution in [0.1, 0.15) is 36.6 Å². The number of halogens is 1. The Bertz CT molecular complexity index is 915. The standard InChI is InChI=1S/C20H24FN3O/c1-12(2)16-7-6-15(20(22-16)25-5)18-13(3)10-17-19(23-18)14(4)11-24(17)9-8-21/h6-7,10-12H,8-9H2,1-5H3. The Morgan fingerprint density at radius 1 is 1.16 bits per heavy atom. The molecule has 4 nitrogen and oxygen atoms in total. The molecule has 0 aliphatic rings. The third-order valence-corrected chi connectivity index (χ3v) is 4.47. The molecule has 3 aromatic rings. The molecule has 25 heavy (non-hydrogen) atoms. The SMILES string of the molecule is COc1nc(C(C)C)ccc1-c1nc2c(C)cn(CCF)c2cc1C. The summed E-state index contributed by atoms with van der Waals surface area (Å²) in [5.41, 5.74) is 6.63. The Morgan fingerprint density at radius 2 is 1.92 bits per heavy atom. The van der Waals surface area contributed by atoms with E-state index >= 15 is 0 Å². The van der Waals surface area contributed by atoms with Crippen molar-refractivity contribution in [2.24, 2.45) is 0 Å². The molecule has 0 radical (unpaired) electrons. The van der Waals surface area contributed by atoms with E-state index in [2.05, 4.69) is 24.9 Å². The summed E-state index contributed by atoms with van der Waals surface area (Å²) < 4.78 is 20.2. The van der Waals surface area contributed by atoms with Crippen molar-refractivity contribution in [3.63, 3.8) is 0 Å². The second-order valence-corrected chi connectivity index (χ2v) is 6.66. The highest BCUT2D eigenvalue weighted by molar-refractivity contribution is 5.85. The van der Waals surface area contributed by atoms with Gasteiger partial charge in [-0.05, 0) is 49.1 Å². The summed E-state index contributed by atoms with van der Waals surface area (Å²) in [7, 11) is 1.63. The molecule has 0 saturated heterocycles. The van der Waals surface area contributed by atoms with Crippen molar-refractivity contribution in [3.05, 3.63) is 41.2 Å². The average Bonchev–Trinajstić information content (AvgIpc) is 2.89. The molecule has 0 fully saturated rings. The van der Waals surface area contributed by atoms with E-state index in [0.717, 1.165) is 39.1 Å². The second-order valence-electron chi connectivity index (χ2n) is 6.66. The lowest BCUT2D eigenvalue weighted by Crippen LogP contribution is -2.01. The molecule has 0 atom stereocenters. The molecular weight excluding hydrogens is 317 g/mol. The highest BCUT2D eigenvalue weighted by Gasteiger charge is 2.17. The van der Waals surface area contributed by atoms with E-state index in [0.29, 0.717) is 18.3 Å². The van der Waals surface area contributed by atoms with Crippen LogP contribution in [-0.2, 0) is 6.54 Å². The van der Waals surface area contributed by atoms with Crippen LogP contribution in [0.3, 0.4) is 0 Å². The Morgan fingerprint density at radius 3 is 2.56 bits per heavy atom.